The molecule has 3 aromatic carbocycles. The number of sulfonamides is 1. The number of piperidine rings is 1. The molecule has 2 fully saturated rings. The van der Waals surface area contributed by atoms with Gasteiger partial charge in [0.25, 0.3) is 15.9 Å². The van der Waals surface area contributed by atoms with Gasteiger partial charge >= 0.3 is 0 Å². The Morgan fingerprint density at radius 3 is 2.27 bits per heavy atom. The van der Waals surface area contributed by atoms with Crippen molar-refractivity contribution in [3.05, 3.63) is 94.0 Å². The minimum atomic E-state index is -4.07. The number of rotatable bonds is 8. The molecule has 40 heavy (non-hydrogen) atoms. The Hall–Kier alpha value is -3.07. The molecule has 0 saturated carbocycles. The average molecular weight is 601 g/mol. The summed E-state index contributed by atoms with van der Waals surface area (Å²) in [4.78, 5) is 29.2. The quantitative estimate of drug-likeness (QED) is 0.325. The first-order valence-corrected chi connectivity index (χ1v) is 15.6. The summed E-state index contributed by atoms with van der Waals surface area (Å²) in [6.45, 7) is 2.71. The van der Waals surface area contributed by atoms with Gasteiger partial charge in [0.2, 0.25) is 5.91 Å². The summed E-state index contributed by atoms with van der Waals surface area (Å²) >= 11 is 12.5. The van der Waals surface area contributed by atoms with E-state index in [0.717, 1.165) is 37.9 Å². The summed E-state index contributed by atoms with van der Waals surface area (Å²) in [5, 5.41) is 0.700. The monoisotopic (exact) mass is 599 g/mol. The molecule has 0 spiro atoms. The summed E-state index contributed by atoms with van der Waals surface area (Å²) in [5.41, 5.74) is 1.42. The van der Waals surface area contributed by atoms with Gasteiger partial charge in [0.05, 0.1) is 27.7 Å². The van der Waals surface area contributed by atoms with E-state index in [1.807, 2.05) is 35.2 Å². The van der Waals surface area contributed by atoms with Crippen molar-refractivity contribution in [3.63, 3.8) is 0 Å². The van der Waals surface area contributed by atoms with Gasteiger partial charge in [-0.05, 0) is 73.2 Å². The molecule has 10 heteroatoms. The fourth-order valence-electron chi connectivity index (χ4n) is 5.33. The van der Waals surface area contributed by atoms with Crippen molar-refractivity contribution >= 4 is 50.7 Å². The van der Waals surface area contributed by atoms with E-state index in [1.54, 1.807) is 29.2 Å². The molecule has 5 rings (SSSR count). The van der Waals surface area contributed by atoms with Crippen molar-refractivity contribution in [3.8, 4) is 0 Å². The molecular weight excluding hydrogens is 569 g/mol. The van der Waals surface area contributed by atoms with E-state index in [4.69, 9.17) is 23.2 Å². The van der Waals surface area contributed by atoms with Crippen molar-refractivity contribution < 1.29 is 18.0 Å². The number of halogens is 2. The molecule has 0 N–H and O–H groups in total. The molecule has 0 aromatic heterocycles. The van der Waals surface area contributed by atoms with E-state index in [2.05, 4.69) is 0 Å². The molecule has 2 amide bonds. The first-order chi connectivity index (χ1) is 19.2. The Kier molecular flexibility index (Phi) is 8.68. The molecule has 2 heterocycles. The number of carbonyl (C=O) groups is 2. The number of carbonyl (C=O) groups excluding carboxylic acids is 2. The van der Waals surface area contributed by atoms with Crippen LogP contribution in [0.4, 0.5) is 5.69 Å². The van der Waals surface area contributed by atoms with Crippen molar-refractivity contribution in [2.45, 2.75) is 37.1 Å². The number of hydrogen-bond acceptors (Lipinski definition) is 4. The Morgan fingerprint density at radius 2 is 1.62 bits per heavy atom. The Labute approximate surface area is 245 Å². The van der Waals surface area contributed by atoms with Crippen LogP contribution in [-0.4, -0.2) is 56.2 Å². The van der Waals surface area contributed by atoms with Crippen LogP contribution in [0.5, 0.6) is 0 Å². The zero-order chi connectivity index (χ0) is 28.3. The van der Waals surface area contributed by atoms with Gasteiger partial charge in [-0.15, -0.1) is 0 Å². The van der Waals surface area contributed by atoms with Crippen LogP contribution >= 0.6 is 23.2 Å². The standard InChI is InChI=1S/C30H31Cl2N3O4S/c31-24-8-10-25(11-9-24)35(21-22-5-2-1-3-6-22)40(38,39)26-12-13-28(32)27(19-26)30(37)33-17-14-23(15-18-33)20-34-16-4-7-29(34)36/h1-3,5-6,8-13,19,23H,4,7,14-18,20-21H2. The minimum absolute atomic E-state index is 0.0198. The third-order valence-electron chi connectivity index (χ3n) is 7.59. The highest BCUT2D eigenvalue weighted by Gasteiger charge is 2.31. The average Bonchev–Trinajstić information content (AvgIpc) is 3.37. The second-order valence-corrected chi connectivity index (χ2v) is 13.0. The van der Waals surface area contributed by atoms with Crippen LogP contribution in [0.15, 0.2) is 77.7 Å². The highest BCUT2D eigenvalue weighted by molar-refractivity contribution is 7.92. The zero-order valence-corrected chi connectivity index (χ0v) is 24.3. The predicted molar refractivity (Wildman–Crippen MR) is 157 cm³/mol. The van der Waals surface area contributed by atoms with Crippen LogP contribution in [-0.2, 0) is 21.4 Å². The van der Waals surface area contributed by atoms with Crippen molar-refractivity contribution in [1.29, 1.82) is 0 Å². The lowest BCUT2D eigenvalue weighted by Crippen LogP contribution is -2.42. The van der Waals surface area contributed by atoms with Crippen molar-refractivity contribution in [1.82, 2.24) is 9.80 Å². The van der Waals surface area contributed by atoms with Crippen LogP contribution < -0.4 is 4.31 Å². The van der Waals surface area contributed by atoms with Gasteiger partial charge in [-0.25, -0.2) is 8.42 Å². The Bertz CT molecular complexity index is 1470. The highest BCUT2D eigenvalue weighted by atomic mass is 35.5. The number of anilines is 1. The number of hydrogen-bond donors (Lipinski definition) is 0. The van der Waals surface area contributed by atoms with E-state index >= 15 is 0 Å². The maximum absolute atomic E-state index is 14.0. The van der Waals surface area contributed by atoms with Gasteiger partial charge in [0, 0.05) is 37.6 Å². The maximum atomic E-state index is 14.0. The smallest absolute Gasteiger partial charge is 0.264 e. The fraction of sp³-hybridized carbons (Fsp3) is 0.333. The molecule has 2 aliphatic rings. The van der Waals surface area contributed by atoms with Gasteiger partial charge in [0.1, 0.15) is 0 Å². The summed E-state index contributed by atoms with van der Waals surface area (Å²) in [7, 11) is -4.07. The Morgan fingerprint density at radius 1 is 0.925 bits per heavy atom. The van der Waals surface area contributed by atoms with Gasteiger partial charge in [0.15, 0.2) is 0 Å². The second-order valence-electron chi connectivity index (χ2n) is 10.3. The van der Waals surface area contributed by atoms with Gasteiger partial charge in [-0.1, -0.05) is 53.5 Å². The summed E-state index contributed by atoms with van der Waals surface area (Å²) < 4.78 is 29.3. The molecular formula is C30H31Cl2N3O4S. The molecule has 0 radical (unpaired) electrons. The SMILES string of the molecule is O=C1CCCN1CC1CCN(C(=O)c2cc(S(=O)(=O)N(Cc3ccccc3)c3ccc(Cl)cc3)ccc2Cl)CC1. The number of nitrogens with zero attached hydrogens (tertiary/aromatic N) is 3. The lowest BCUT2D eigenvalue weighted by Gasteiger charge is -2.34. The molecule has 0 unspecified atom stereocenters. The molecule has 0 atom stereocenters. The predicted octanol–water partition coefficient (Wildman–Crippen LogP) is 5.86. The fourth-order valence-corrected chi connectivity index (χ4v) is 7.13. The van der Waals surface area contributed by atoms with Crippen LogP contribution in [0.2, 0.25) is 10.0 Å². The van der Waals surface area contributed by atoms with Crippen molar-refractivity contribution in [2.24, 2.45) is 5.92 Å². The number of benzene rings is 3. The largest absolute Gasteiger partial charge is 0.342 e. The molecule has 210 valence electrons. The summed E-state index contributed by atoms with van der Waals surface area (Å²) in [6, 6.07) is 20.2. The van der Waals surface area contributed by atoms with Crippen LogP contribution in [0, 0.1) is 5.92 Å². The van der Waals surface area contributed by atoms with Gasteiger partial charge in [-0.2, -0.15) is 0 Å². The van der Waals surface area contributed by atoms with E-state index in [0.29, 0.717) is 36.1 Å². The van der Waals surface area contributed by atoms with Crippen molar-refractivity contribution in [2.75, 3.05) is 30.5 Å². The lowest BCUT2D eigenvalue weighted by molar-refractivity contribution is -0.128. The first-order valence-electron chi connectivity index (χ1n) is 13.4. The molecule has 2 saturated heterocycles. The lowest BCUT2D eigenvalue weighted by atomic mass is 9.95. The van der Waals surface area contributed by atoms with E-state index in [1.165, 1.54) is 22.5 Å². The summed E-state index contributed by atoms with van der Waals surface area (Å²) in [6.07, 6.45) is 3.10. The van der Waals surface area contributed by atoms with Crippen LogP contribution in [0.25, 0.3) is 0 Å². The molecule has 0 bridgehead atoms. The third kappa shape index (κ3) is 6.29. The topological polar surface area (TPSA) is 78.0 Å². The van der Waals surface area contributed by atoms with Crippen LogP contribution in [0.3, 0.4) is 0 Å². The van der Waals surface area contributed by atoms with E-state index in [9.17, 15) is 18.0 Å². The Balaban J connectivity index is 1.37. The molecule has 2 aliphatic heterocycles. The number of amides is 2. The molecule has 3 aromatic rings. The maximum Gasteiger partial charge on any atom is 0.264 e. The first kappa shape index (κ1) is 28.5. The molecule has 0 aliphatic carbocycles. The second kappa shape index (κ2) is 12.2. The minimum Gasteiger partial charge on any atom is -0.342 e. The molecule has 7 nitrogen and oxygen atoms in total. The van der Waals surface area contributed by atoms with Gasteiger partial charge in [-0.3, -0.25) is 13.9 Å². The normalized spacial score (nSPS) is 16.4. The highest BCUT2D eigenvalue weighted by Crippen LogP contribution is 2.31. The van der Waals surface area contributed by atoms with E-state index < -0.39 is 10.0 Å². The van der Waals surface area contributed by atoms with Crippen LogP contribution in [0.1, 0.15) is 41.6 Å². The zero-order valence-electron chi connectivity index (χ0n) is 22.0. The summed E-state index contributed by atoms with van der Waals surface area (Å²) in [5.74, 6) is 0.265. The number of likely N-dealkylation sites (tertiary alicyclic amines) is 2. The third-order valence-corrected chi connectivity index (χ3v) is 9.94. The van der Waals surface area contributed by atoms with Gasteiger partial charge < -0.3 is 9.80 Å². The van der Waals surface area contributed by atoms with E-state index in [-0.39, 0.29) is 33.8 Å².